The van der Waals surface area contributed by atoms with Crippen molar-refractivity contribution in [1.29, 1.82) is 0 Å². The Morgan fingerprint density at radius 3 is 2.07 bits per heavy atom. The van der Waals surface area contributed by atoms with Crippen molar-refractivity contribution in [2.45, 2.75) is 26.7 Å². The first-order valence-corrected chi connectivity index (χ1v) is 8.56. The zero-order chi connectivity index (χ0) is 19.6. The topological polar surface area (TPSA) is 96.5 Å². The number of amides is 3. The second-order valence-electron chi connectivity index (χ2n) is 6.12. The summed E-state index contributed by atoms with van der Waals surface area (Å²) in [5.41, 5.74) is 7.26. The summed E-state index contributed by atoms with van der Waals surface area (Å²) in [6.07, 6.45) is -0.0352. The molecule has 0 unspecified atom stereocenters. The molecular weight excluding hydrogens is 346 g/mol. The first kappa shape index (κ1) is 20.0. The molecule has 0 spiro atoms. The number of carbonyl (C=O) groups excluding carboxylic acids is 3. The van der Waals surface area contributed by atoms with Crippen LogP contribution in [0, 0.1) is 13.8 Å². The molecule has 3 N–H and O–H groups in total. The Morgan fingerprint density at radius 2 is 1.41 bits per heavy atom. The van der Waals surface area contributed by atoms with E-state index < -0.39 is 11.8 Å². The summed E-state index contributed by atoms with van der Waals surface area (Å²) in [6, 6.07) is 14.6. The molecule has 0 aliphatic rings. The van der Waals surface area contributed by atoms with Crippen LogP contribution < -0.4 is 20.9 Å². The maximum Gasteiger partial charge on any atom is 0.276 e. The van der Waals surface area contributed by atoms with Gasteiger partial charge in [-0.25, -0.2) is 0 Å². The summed E-state index contributed by atoms with van der Waals surface area (Å²) in [7, 11) is 0. The van der Waals surface area contributed by atoms with E-state index in [1.54, 1.807) is 24.3 Å². The molecule has 3 amide bonds. The zero-order valence-electron chi connectivity index (χ0n) is 15.4. The van der Waals surface area contributed by atoms with E-state index in [2.05, 4.69) is 16.2 Å². The molecule has 0 aromatic heterocycles. The molecule has 0 atom stereocenters. The fourth-order valence-electron chi connectivity index (χ4n) is 2.38. The summed E-state index contributed by atoms with van der Waals surface area (Å²) >= 11 is 0. The Balaban J connectivity index is 1.64. The number of para-hydroxylation sites is 1. The lowest BCUT2D eigenvalue weighted by Crippen LogP contribution is -2.44. The number of hydrogen-bond acceptors (Lipinski definition) is 4. The number of hydrogen-bond donors (Lipinski definition) is 3. The molecule has 142 valence electrons. The minimum absolute atomic E-state index is 0.00959. The monoisotopic (exact) mass is 369 g/mol. The van der Waals surface area contributed by atoms with Crippen LogP contribution in [0.25, 0.3) is 0 Å². The number of hydrazine groups is 1. The molecule has 7 nitrogen and oxygen atoms in total. The number of aryl methyl sites for hydroxylation is 2. The first-order chi connectivity index (χ1) is 12.9. The number of anilines is 1. The Bertz CT molecular complexity index is 786. The predicted octanol–water partition coefficient (Wildman–Crippen LogP) is 2.25. The van der Waals surface area contributed by atoms with Crippen molar-refractivity contribution in [3.05, 3.63) is 59.7 Å². The molecule has 0 saturated heterocycles. The minimum Gasteiger partial charge on any atom is -0.484 e. The van der Waals surface area contributed by atoms with Crippen molar-refractivity contribution < 1.29 is 19.1 Å². The molecule has 2 aromatic rings. The maximum absolute atomic E-state index is 11.8. The Kier molecular flexibility index (Phi) is 7.37. The highest BCUT2D eigenvalue weighted by Gasteiger charge is 2.09. The van der Waals surface area contributed by atoms with Crippen LogP contribution in [0.4, 0.5) is 5.69 Å². The molecule has 2 aromatic carbocycles. The summed E-state index contributed by atoms with van der Waals surface area (Å²) in [5.74, 6) is -0.637. The lowest BCUT2D eigenvalue weighted by atomic mass is 10.1. The van der Waals surface area contributed by atoms with E-state index in [0.29, 0.717) is 11.4 Å². The van der Waals surface area contributed by atoms with Gasteiger partial charge in [-0.2, -0.15) is 0 Å². The van der Waals surface area contributed by atoms with Crippen molar-refractivity contribution in [3.8, 4) is 5.75 Å². The summed E-state index contributed by atoms with van der Waals surface area (Å²) in [4.78, 5) is 35.2. The maximum atomic E-state index is 11.8. The standard InChI is InChI=1S/C20H23N3O4/c1-14-10-15(2)12-17(11-14)27-13-20(26)23-22-19(25)9-8-18(24)21-16-6-4-3-5-7-16/h3-7,10-12H,8-9,13H2,1-2H3,(H,21,24)(H,22,25)(H,23,26). The lowest BCUT2D eigenvalue weighted by molar-refractivity contribution is -0.130. The van der Waals surface area contributed by atoms with Crippen molar-refractivity contribution in [2.24, 2.45) is 0 Å². The molecule has 7 heteroatoms. The average Bonchev–Trinajstić information content (AvgIpc) is 2.63. The molecule has 2 rings (SSSR count). The van der Waals surface area contributed by atoms with Gasteiger partial charge in [-0.1, -0.05) is 24.3 Å². The van der Waals surface area contributed by atoms with Gasteiger partial charge in [0.15, 0.2) is 6.61 Å². The van der Waals surface area contributed by atoms with E-state index in [-0.39, 0.29) is 25.4 Å². The van der Waals surface area contributed by atoms with Gasteiger partial charge in [0, 0.05) is 18.5 Å². The Morgan fingerprint density at radius 1 is 0.815 bits per heavy atom. The van der Waals surface area contributed by atoms with Crippen LogP contribution in [0.2, 0.25) is 0 Å². The van der Waals surface area contributed by atoms with Crippen LogP contribution in [0.5, 0.6) is 5.75 Å². The van der Waals surface area contributed by atoms with Crippen LogP contribution >= 0.6 is 0 Å². The second kappa shape index (κ2) is 9.96. The van der Waals surface area contributed by atoms with Gasteiger partial charge >= 0.3 is 0 Å². The highest BCUT2D eigenvalue weighted by Crippen LogP contribution is 2.15. The van der Waals surface area contributed by atoms with Gasteiger partial charge in [0.25, 0.3) is 5.91 Å². The Labute approximate surface area is 158 Å². The van der Waals surface area contributed by atoms with E-state index in [4.69, 9.17) is 4.74 Å². The number of rotatable bonds is 7. The molecule has 0 heterocycles. The quantitative estimate of drug-likeness (QED) is 0.652. The number of carbonyl (C=O) groups is 3. The normalized spacial score (nSPS) is 10.0. The fraction of sp³-hybridized carbons (Fsp3) is 0.250. The third-order valence-corrected chi connectivity index (χ3v) is 3.54. The summed E-state index contributed by atoms with van der Waals surface area (Å²) in [6.45, 7) is 3.65. The van der Waals surface area contributed by atoms with Gasteiger partial charge in [-0.15, -0.1) is 0 Å². The average molecular weight is 369 g/mol. The molecule has 27 heavy (non-hydrogen) atoms. The molecule has 0 aliphatic carbocycles. The largest absolute Gasteiger partial charge is 0.484 e. The van der Waals surface area contributed by atoms with Crippen LogP contribution in [0.3, 0.4) is 0 Å². The first-order valence-electron chi connectivity index (χ1n) is 8.56. The second-order valence-corrected chi connectivity index (χ2v) is 6.12. The van der Waals surface area contributed by atoms with Gasteiger partial charge < -0.3 is 10.1 Å². The molecule has 0 fully saturated rings. The highest BCUT2D eigenvalue weighted by molar-refractivity contribution is 5.93. The smallest absolute Gasteiger partial charge is 0.276 e. The van der Waals surface area contributed by atoms with E-state index in [0.717, 1.165) is 11.1 Å². The van der Waals surface area contributed by atoms with Crippen LogP contribution in [0.15, 0.2) is 48.5 Å². The number of ether oxygens (including phenoxy) is 1. The third kappa shape index (κ3) is 7.60. The van der Waals surface area contributed by atoms with Gasteiger partial charge in [0.05, 0.1) is 0 Å². The molecular formula is C20H23N3O4. The molecule has 0 saturated carbocycles. The van der Waals surface area contributed by atoms with E-state index in [1.165, 1.54) is 0 Å². The zero-order valence-corrected chi connectivity index (χ0v) is 15.4. The molecule has 0 bridgehead atoms. The minimum atomic E-state index is -0.490. The van der Waals surface area contributed by atoms with Crippen LogP contribution in [-0.2, 0) is 14.4 Å². The molecule has 0 aliphatic heterocycles. The number of nitrogens with one attached hydrogen (secondary N) is 3. The van der Waals surface area contributed by atoms with E-state index in [1.807, 2.05) is 38.1 Å². The van der Waals surface area contributed by atoms with E-state index >= 15 is 0 Å². The van der Waals surface area contributed by atoms with Crippen LogP contribution in [0.1, 0.15) is 24.0 Å². The predicted molar refractivity (Wildman–Crippen MR) is 102 cm³/mol. The Hall–Kier alpha value is -3.35. The van der Waals surface area contributed by atoms with Gasteiger partial charge in [-0.05, 0) is 49.2 Å². The van der Waals surface area contributed by atoms with Crippen molar-refractivity contribution in [1.82, 2.24) is 10.9 Å². The lowest BCUT2D eigenvalue weighted by Gasteiger charge is -2.10. The summed E-state index contributed by atoms with van der Waals surface area (Å²) in [5, 5.41) is 2.68. The van der Waals surface area contributed by atoms with Gasteiger partial charge in [-0.3, -0.25) is 25.2 Å². The summed E-state index contributed by atoms with van der Waals surface area (Å²) < 4.78 is 5.40. The van der Waals surface area contributed by atoms with E-state index in [9.17, 15) is 14.4 Å². The molecule has 0 radical (unpaired) electrons. The van der Waals surface area contributed by atoms with Crippen molar-refractivity contribution in [3.63, 3.8) is 0 Å². The highest BCUT2D eigenvalue weighted by atomic mass is 16.5. The SMILES string of the molecule is Cc1cc(C)cc(OCC(=O)NNC(=O)CCC(=O)Nc2ccccc2)c1. The van der Waals surface area contributed by atoms with Gasteiger partial charge in [0.2, 0.25) is 11.8 Å². The van der Waals surface area contributed by atoms with Crippen LogP contribution in [-0.4, -0.2) is 24.3 Å². The van der Waals surface area contributed by atoms with Crippen molar-refractivity contribution in [2.75, 3.05) is 11.9 Å². The van der Waals surface area contributed by atoms with Gasteiger partial charge in [0.1, 0.15) is 5.75 Å². The third-order valence-electron chi connectivity index (χ3n) is 3.54. The van der Waals surface area contributed by atoms with Crippen molar-refractivity contribution >= 4 is 23.4 Å². The number of benzene rings is 2. The fourth-order valence-corrected chi connectivity index (χ4v) is 2.38.